The molecular formula is C11H17NOS. The normalized spacial score (nSPS) is 15.0. The third-order valence-electron chi connectivity index (χ3n) is 2.21. The highest BCUT2D eigenvalue weighted by Gasteiger charge is 1.99. The lowest BCUT2D eigenvalue weighted by Gasteiger charge is -2.03. The second kappa shape index (κ2) is 4.60. The van der Waals surface area contributed by atoms with E-state index in [1.807, 2.05) is 0 Å². The lowest BCUT2D eigenvalue weighted by molar-refractivity contribution is 0.678. The van der Waals surface area contributed by atoms with Crippen LogP contribution in [0.15, 0.2) is 24.3 Å². The van der Waals surface area contributed by atoms with Crippen molar-refractivity contribution in [2.24, 2.45) is 0 Å². The van der Waals surface area contributed by atoms with Gasteiger partial charge in [0.2, 0.25) is 0 Å². The molecule has 0 bridgehead atoms. The van der Waals surface area contributed by atoms with Gasteiger partial charge in [-0.25, -0.2) is 0 Å². The van der Waals surface area contributed by atoms with Crippen molar-refractivity contribution >= 4 is 9.73 Å². The summed E-state index contributed by atoms with van der Waals surface area (Å²) in [5, 5.41) is 0. The molecule has 0 heterocycles. The largest absolute Gasteiger partial charge is 0.253 e. The van der Waals surface area contributed by atoms with Crippen molar-refractivity contribution in [3.05, 3.63) is 35.4 Å². The third kappa shape index (κ3) is 3.92. The van der Waals surface area contributed by atoms with Gasteiger partial charge in [-0.3, -0.25) is 8.99 Å². The number of hydrogen-bond donors (Lipinski definition) is 1. The van der Waals surface area contributed by atoms with Crippen LogP contribution in [-0.4, -0.2) is 16.2 Å². The number of hydrogen-bond acceptors (Lipinski definition) is 2. The fourth-order valence-corrected chi connectivity index (χ4v) is 1.88. The Morgan fingerprint density at radius 2 is 1.71 bits per heavy atom. The number of benzene rings is 1. The zero-order chi connectivity index (χ0) is 10.6. The van der Waals surface area contributed by atoms with Crippen LogP contribution in [0.1, 0.15) is 18.1 Å². The van der Waals surface area contributed by atoms with Gasteiger partial charge in [-0.05, 0) is 24.0 Å². The van der Waals surface area contributed by atoms with E-state index in [-0.39, 0.29) is 0 Å². The Morgan fingerprint density at radius 1 is 1.21 bits per heavy atom. The zero-order valence-electron chi connectivity index (χ0n) is 8.75. The summed E-state index contributed by atoms with van der Waals surface area (Å²) in [6.07, 6.45) is 3.28. The molecule has 0 saturated carbocycles. The summed E-state index contributed by atoms with van der Waals surface area (Å²) in [6, 6.07) is 8.31. The van der Waals surface area contributed by atoms with Crippen molar-refractivity contribution in [3.8, 4) is 0 Å². The van der Waals surface area contributed by atoms with E-state index in [2.05, 4.69) is 31.2 Å². The minimum atomic E-state index is -2.34. The van der Waals surface area contributed by atoms with E-state index in [4.69, 9.17) is 4.78 Å². The smallest absolute Gasteiger partial charge is 0.0415 e. The average Bonchev–Trinajstić information content (AvgIpc) is 2.14. The number of aryl methyl sites for hydroxylation is 2. The third-order valence-corrected chi connectivity index (χ3v) is 3.19. The molecule has 0 fully saturated rings. The van der Waals surface area contributed by atoms with Gasteiger partial charge in [0.05, 0.1) is 0 Å². The van der Waals surface area contributed by atoms with Gasteiger partial charge >= 0.3 is 0 Å². The molecule has 1 rings (SSSR count). The van der Waals surface area contributed by atoms with Crippen LogP contribution in [0, 0.1) is 4.78 Å². The maximum atomic E-state index is 11.1. The van der Waals surface area contributed by atoms with E-state index in [1.165, 1.54) is 17.4 Å². The van der Waals surface area contributed by atoms with E-state index >= 15 is 0 Å². The van der Waals surface area contributed by atoms with Gasteiger partial charge in [0.1, 0.15) is 0 Å². The van der Waals surface area contributed by atoms with Crippen molar-refractivity contribution in [1.82, 2.24) is 0 Å². The highest BCUT2D eigenvalue weighted by atomic mass is 32.2. The molecule has 0 radical (unpaired) electrons. The number of rotatable bonds is 4. The SMILES string of the molecule is CCc1ccc(CCS(C)(=N)=O)cc1. The summed E-state index contributed by atoms with van der Waals surface area (Å²) < 4.78 is 18.4. The molecule has 1 aromatic carbocycles. The van der Waals surface area contributed by atoms with Crippen LogP contribution in [0.2, 0.25) is 0 Å². The summed E-state index contributed by atoms with van der Waals surface area (Å²) in [5.74, 6) is 0.457. The monoisotopic (exact) mass is 211 g/mol. The molecule has 0 aliphatic carbocycles. The van der Waals surface area contributed by atoms with E-state index in [0.29, 0.717) is 5.75 Å². The molecule has 78 valence electrons. The molecule has 0 saturated heterocycles. The molecule has 0 aliphatic rings. The molecule has 1 atom stereocenters. The first-order valence-corrected chi connectivity index (χ1v) is 6.94. The fourth-order valence-electron chi connectivity index (χ4n) is 1.25. The maximum absolute atomic E-state index is 11.1. The van der Waals surface area contributed by atoms with E-state index < -0.39 is 9.73 Å². The first kappa shape index (κ1) is 11.2. The van der Waals surface area contributed by atoms with Gasteiger partial charge in [0.25, 0.3) is 0 Å². The molecular weight excluding hydrogens is 194 g/mol. The average molecular weight is 211 g/mol. The first-order chi connectivity index (χ1) is 6.51. The van der Waals surface area contributed by atoms with E-state index in [0.717, 1.165) is 12.8 Å². The van der Waals surface area contributed by atoms with Crippen molar-refractivity contribution < 1.29 is 4.21 Å². The van der Waals surface area contributed by atoms with Crippen molar-refractivity contribution in [3.63, 3.8) is 0 Å². The molecule has 1 unspecified atom stereocenters. The van der Waals surface area contributed by atoms with Crippen LogP contribution in [0.5, 0.6) is 0 Å². The van der Waals surface area contributed by atoms with Gasteiger partial charge in [0.15, 0.2) is 0 Å². The Kier molecular flexibility index (Phi) is 3.69. The Balaban J connectivity index is 2.61. The van der Waals surface area contributed by atoms with E-state index in [9.17, 15) is 4.21 Å². The summed E-state index contributed by atoms with van der Waals surface area (Å²) in [6.45, 7) is 2.12. The number of nitrogens with one attached hydrogen (secondary N) is 1. The molecule has 0 amide bonds. The Labute approximate surface area is 86.3 Å². The highest BCUT2D eigenvalue weighted by Crippen LogP contribution is 2.06. The summed E-state index contributed by atoms with van der Waals surface area (Å²) in [4.78, 5) is 0. The first-order valence-electron chi connectivity index (χ1n) is 4.80. The van der Waals surface area contributed by atoms with Gasteiger partial charge in [-0.15, -0.1) is 0 Å². The van der Waals surface area contributed by atoms with Crippen molar-refractivity contribution in [1.29, 1.82) is 4.78 Å². The van der Waals surface area contributed by atoms with Crippen LogP contribution in [-0.2, 0) is 22.6 Å². The second-order valence-corrected chi connectivity index (χ2v) is 6.05. The predicted octanol–water partition coefficient (Wildman–Crippen LogP) is 2.47. The molecule has 3 heteroatoms. The van der Waals surface area contributed by atoms with Crippen LogP contribution in [0.3, 0.4) is 0 Å². The Hall–Kier alpha value is -0.830. The lowest BCUT2D eigenvalue weighted by Crippen LogP contribution is -2.04. The highest BCUT2D eigenvalue weighted by molar-refractivity contribution is 7.91. The van der Waals surface area contributed by atoms with Crippen LogP contribution < -0.4 is 0 Å². The summed E-state index contributed by atoms with van der Waals surface area (Å²) >= 11 is 0. The van der Waals surface area contributed by atoms with Gasteiger partial charge in [-0.1, -0.05) is 31.2 Å². The molecule has 1 N–H and O–H groups in total. The maximum Gasteiger partial charge on any atom is 0.0415 e. The van der Waals surface area contributed by atoms with Gasteiger partial charge in [0, 0.05) is 21.7 Å². The standard InChI is InChI=1S/C11H17NOS/c1-3-10-4-6-11(7-5-10)8-9-14(2,12)13/h4-7,12H,3,8-9H2,1-2H3. The molecule has 0 aliphatic heterocycles. The molecule has 14 heavy (non-hydrogen) atoms. The molecule has 0 spiro atoms. The van der Waals surface area contributed by atoms with Crippen molar-refractivity contribution in [2.75, 3.05) is 12.0 Å². The Bertz CT molecular complexity index is 378. The fraction of sp³-hybridized carbons (Fsp3) is 0.455. The van der Waals surface area contributed by atoms with Crippen LogP contribution >= 0.6 is 0 Å². The van der Waals surface area contributed by atoms with Crippen LogP contribution in [0.4, 0.5) is 0 Å². The second-order valence-electron chi connectivity index (χ2n) is 3.63. The quantitative estimate of drug-likeness (QED) is 0.816. The predicted molar refractivity (Wildman–Crippen MR) is 61.2 cm³/mol. The topological polar surface area (TPSA) is 40.9 Å². The summed E-state index contributed by atoms with van der Waals surface area (Å²) in [5.41, 5.74) is 2.49. The minimum absolute atomic E-state index is 0.457. The van der Waals surface area contributed by atoms with E-state index in [1.54, 1.807) is 0 Å². The lowest BCUT2D eigenvalue weighted by atomic mass is 10.1. The molecule has 1 aromatic rings. The van der Waals surface area contributed by atoms with Gasteiger partial charge in [-0.2, -0.15) is 0 Å². The summed E-state index contributed by atoms with van der Waals surface area (Å²) in [7, 11) is -2.34. The minimum Gasteiger partial charge on any atom is -0.253 e. The molecule has 0 aromatic heterocycles. The molecule has 2 nitrogen and oxygen atoms in total. The zero-order valence-corrected chi connectivity index (χ0v) is 9.56. The Morgan fingerprint density at radius 3 is 2.14 bits per heavy atom. The van der Waals surface area contributed by atoms with Crippen LogP contribution in [0.25, 0.3) is 0 Å². The van der Waals surface area contributed by atoms with Crippen molar-refractivity contribution in [2.45, 2.75) is 19.8 Å². The van der Waals surface area contributed by atoms with Gasteiger partial charge < -0.3 is 0 Å².